The van der Waals surface area contributed by atoms with Crippen LogP contribution >= 0.6 is 0 Å². The summed E-state index contributed by atoms with van der Waals surface area (Å²) in [6.07, 6.45) is 0.630. The van der Waals surface area contributed by atoms with Crippen molar-refractivity contribution in [2.75, 3.05) is 11.4 Å². The normalized spacial score (nSPS) is 23.0. The second-order valence-electron chi connectivity index (χ2n) is 12.7. The number of nitrogens with two attached hydrogens (primary N) is 1. The molecule has 10 nitrogen and oxygen atoms in total. The number of carbonyl (C=O) groups excluding carboxylic acids is 2. The summed E-state index contributed by atoms with van der Waals surface area (Å²) in [5.41, 5.74) is 5.96. The van der Waals surface area contributed by atoms with Gasteiger partial charge in [-0.05, 0) is 63.3 Å². The Labute approximate surface area is 261 Å². The largest absolute Gasteiger partial charge is 0.433 e. The molecule has 46 heavy (non-hydrogen) atoms. The molecule has 2 aliphatic heterocycles. The van der Waals surface area contributed by atoms with Gasteiger partial charge in [-0.3, -0.25) is 14.6 Å². The summed E-state index contributed by atoms with van der Waals surface area (Å²) in [4.78, 5) is 40.2. The minimum Gasteiger partial charge on any atom is -0.368 e. The van der Waals surface area contributed by atoms with Gasteiger partial charge in [0.15, 0.2) is 0 Å². The van der Waals surface area contributed by atoms with Gasteiger partial charge in [-0.2, -0.15) is 18.4 Å². The number of amides is 2. The summed E-state index contributed by atoms with van der Waals surface area (Å²) >= 11 is 0. The SMILES string of the molecule is C[C@H]1C[C@@]2(CCN1c1cc(-c3ncn(CC(N)=O)c3C3CC3)cc(F)c1C#N)N=C(c1ccc(C(F)(F)F)nc1C1CC1)NC2=O. The van der Waals surface area contributed by atoms with Crippen molar-refractivity contribution >= 4 is 23.3 Å². The standard InChI is InChI=1S/C32H30F4N8O2/c1-16-12-31(30(46)41-29(42-31)20-6-7-24(32(34,35)36)40-26(20)17-2-3-17)8-9-44(16)23-11-19(10-22(33)21(23)13-37)27-28(18-4-5-18)43(15-39-27)14-25(38)45/h6-7,10-11,15-18H,2-5,8-9,12,14H2,1H3,(H2,38,45)(H,41,42,46)/t16-,31+/m0/s1. The van der Waals surface area contributed by atoms with Crippen LogP contribution in [0.2, 0.25) is 0 Å². The molecule has 238 valence electrons. The Morgan fingerprint density at radius 3 is 2.57 bits per heavy atom. The molecule has 14 heteroatoms. The first-order valence-corrected chi connectivity index (χ1v) is 15.2. The van der Waals surface area contributed by atoms with Crippen molar-refractivity contribution in [1.82, 2.24) is 19.9 Å². The van der Waals surface area contributed by atoms with Crippen molar-refractivity contribution in [3.05, 3.63) is 64.6 Å². The summed E-state index contributed by atoms with van der Waals surface area (Å²) in [5.74, 6) is -1.34. The molecule has 4 heterocycles. The van der Waals surface area contributed by atoms with Crippen molar-refractivity contribution in [2.45, 2.75) is 81.6 Å². The number of aromatic nitrogens is 3. The number of aliphatic imine (C=N–C) groups is 1. The molecule has 3 aromatic rings. The number of nitrogens with zero attached hydrogens (tertiary/aromatic N) is 6. The van der Waals surface area contributed by atoms with Gasteiger partial charge in [0.05, 0.1) is 23.4 Å². The Bertz CT molecular complexity index is 1850. The van der Waals surface area contributed by atoms with Gasteiger partial charge in [0.25, 0.3) is 5.91 Å². The van der Waals surface area contributed by atoms with Gasteiger partial charge in [0.1, 0.15) is 41.1 Å². The number of benzene rings is 1. The fraction of sp³-hybridized carbons (Fsp3) is 0.438. The van der Waals surface area contributed by atoms with Gasteiger partial charge in [-0.25, -0.2) is 14.4 Å². The topological polar surface area (TPSA) is 142 Å². The van der Waals surface area contributed by atoms with E-state index in [0.717, 1.165) is 24.6 Å². The molecule has 0 radical (unpaired) electrons. The van der Waals surface area contributed by atoms with Gasteiger partial charge in [-0.1, -0.05) is 0 Å². The smallest absolute Gasteiger partial charge is 0.368 e. The van der Waals surface area contributed by atoms with Crippen LogP contribution in [0.4, 0.5) is 23.2 Å². The first kappa shape index (κ1) is 29.9. The van der Waals surface area contributed by atoms with Gasteiger partial charge >= 0.3 is 6.18 Å². The minimum absolute atomic E-state index is 0.0506. The van der Waals surface area contributed by atoms with Crippen molar-refractivity contribution in [1.29, 1.82) is 5.26 Å². The lowest BCUT2D eigenvalue weighted by Crippen LogP contribution is -2.53. The van der Waals surface area contributed by atoms with Crippen molar-refractivity contribution in [3.63, 3.8) is 0 Å². The minimum atomic E-state index is -4.59. The van der Waals surface area contributed by atoms with Gasteiger partial charge < -0.3 is 20.5 Å². The van der Waals surface area contributed by atoms with E-state index in [1.807, 2.05) is 17.9 Å². The number of halogens is 4. The summed E-state index contributed by atoms with van der Waals surface area (Å²) in [5, 5.41) is 12.7. The Balaban J connectivity index is 1.20. The molecule has 1 saturated heterocycles. The van der Waals surface area contributed by atoms with Crippen LogP contribution in [0.5, 0.6) is 0 Å². The average molecular weight is 635 g/mol. The number of imidazole rings is 1. The van der Waals surface area contributed by atoms with E-state index in [9.17, 15) is 28.0 Å². The molecule has 2 saturated carbocycles. The molecule has 0 bridgehead atoms. The lowest BCUT2D eigenvalue weighted by molar-refractivity contribution is -0.141. The van der Waals surface area contributed by atoms with Crippen LogP contribution in [0.15, 0.2) is 35.6 Å². The van der Waals surface area contributed by atoms with Crippen LogP contribution in [0.1, 0.15) is 85.5 Å². The lowest BCUT2D eigenvalue weighted by atomic mass is 9.83. The Hall–Kier alpha value is -4.80. The zero-order valence-corrected chi connectivity index (χ0v) is 24.9. The molecule has 2 atom stereocenters. The molecule has 3 fully saturated rings. The first-order valence-electron chi connectivity index (χ1n) is 15.2. The molecule has 7 rings (SSSR count). The predicted molar refractivity (Wildman–Crippen MR) is 158 cm³/mol. The molecular formula is C32H30F4N8O2. The number of pyridine rings is 1. The van der Waals surface area contributed by atoms with Gasteiger partial charge in [0.2, 0.25) is 5.91 Å². The van der Waals surface area contributed by atoms with E-state index in [1.165, 1.54) is 18.5 Å². The predicted octanol–water partition coefficient (Wildman–Crippen LogP) is 4.52. The number of hydrogen-bond donors (Lipinski definition) is 2. The molecular weight excluding hydrogens is 604 g/mol. The van der Waals surface area contributed by atoms with E-state index >= 15 is 4.39 Å². The zero-order chi connectivity index (χ0) is 32.5. The molecule has 2 amide bonds. The second kappa shape index (κ2) is 10.6. The number of anilines is 1. The molecule has 4 aliphatic rings. The van der Waals surface area contributed by atoms with Crippen LogP contribution in [0.3, 0.4) is 0 Å². The maximum atomic E-state index is 15.5. The number of alkyl halides is 3. The Kier molecular flexibility index (Phi) is 6.91. The van der Waals surface area contributed by atoms with Gasteiger partial charge in [0, 0.05) is 47.7 Å². The summed E-state index contributed by atoms with van der Waals surface area (Å²) in [7, 11) is 0. The van der Waals surface area contributed by atoms with Crippen molar-refractivity contribution in [3.8, 4) is 17.3 Å². The van der Waals surface area contributed by atoms with Crippen LogP contribution in [-0.2, 0) is 22.3 Å². The van der Waals surface area contributed by atoms with E-state index in [0.29, 0.717) is 35.3 Å². The fourth-order valence-corrected chi connectivity index (χ4v) is 6.80. The monoisotopic (exact) mass is 634 g/mol. The molecule has 3 N–H and O–H groups in total. The average Bonchev–Trinajstić information content (AvgIpc) is 3.93. The van der Waals surface area contributed by atoms with Crippen molar-refractivity contribution in [2.24, 2.45) is 10.7 Å². The maximum Gasteiger partial charge on any atom is 0.433 e. The molecule has 0 unspecified atom stereocenters. The molecule has 1 spiro atoms. The number of amidine groups is 1. The van der Waals surface area contributed by atoms with E-state index in [-0.39, 0.29) is 66.8 Å². The molecule has 2 aliphatic carbocycles. The highest BCUT2D eigenvalue weighted by molar-refractivity contribution is 6.16. The quantitative estimate of drug-likeness (QED) is 0.366. The second-order valence-corrected chi connectivity index (χ2v) is 12.7. The third-order valence-corrected chi connectivity index (χ3v) is 9.28. The summed E-state index contributed by atoms with van der Waals surface area (Å²) < 4.78 is 57.4. The highest BCUT2D eigenvalue weighted by Crippen LogP contribution is 2.46. The number of nitrogens with one attached hydrogen (secondary N) is 1. The van der Waals surface area contributed by atoms with E-state index in [2.05, 4.69) is 15.3 Å². The number of piperidine rings is 1. The Morgan fingerprint density at radius 2 is 1.93 bits per heavy atom. The molecule has 2 aromatic heterocycles. The number of hydrogen-bond acceptors (Lipinski definition) is 7. The van der Waals surface area contributed by atoms with Crippen LogP contribution in [0.25, 0.3) is 11.3 Å². The number of rotatable bonds is 7. The third-order valence-electron chi connectivity index (χ3n) is 9.28. The first-order chi connectivity index (χ1) is 21.9. The van der Waals surface area contributed by atoms with Crippen LogP contribution in [-0.4, -0.2) is 50.3 Å². The number of primary amides is 1. The van der Waals surface area contributed by atoms with E-state index < -0.39 is 29.1 Å². The van der Waals surface area contributed by atoms with Crippen LogP contribution in [0, 0.1) is 17.1 Å². The van der Waals surface area contributed by atoms with Crippen LogP contribution < -0.4 is 16.0 Å². The maximum absolute atomic E-state index is 15.5. The summed E-state index contributed by atoms with van der Waals surface area (Å²) in [6, 6.07) is 6.84. The number of nitriles is 1. The fourth-order valence-electron chi connectivity index (χ4n) is 6.80. The van der Waals surface area contributed by atoms with Crippen molar-refractivity contribution < 1.29 is 27.2 Å². The highest BCUT2D eigenvalue weighted by atomic mass is 19.4. The lowest BCUT2D eigenvalue weighted by Gasteiger charge is -2.42. The molecule has 1 aromatic carbocycles. The van der Waals surface area contributed by atoms with E-state index in [4.69, 9.17) is 10.7 Å². The summed E-state index contributed by atoms with van der Waals surface area (Å²) in [6.45, 7) is 2.07. The zero-order valence-electron chi connectivity index (χ0n) is 24.9. The van der Waals surface area contributed by atoms with Gasteiger partial charge in [-0.15, -0.1) is 0 Å². The number of carbonyl (C=O) groups is 2. The van der Waals surface area contributed by atoms with E-state index in [1.54, 1.807) is 10.6 Å². The highest BCUT2D eigenvalue weighted by Gasteiger charge is 2.49. The Morgan fingerprint density at radius 1 is 1.20 bits per heavy atom. The third kappa shape index (κ3) is 5.17.